The molecule has 0 aromatic carbocycles. The Kier molecular flexibility index (Phi) is 6.00. The van der Waals surface area contributed by atoms with Crippen LogP contribution in [0, 0.1) is 13.8 Å². The molecular weight excluding hydrogens is 371 g/mol. The van der Waals surface area contributed by atoms with Gasteiger partial charge >= 0.3 is 6.18 Å². The highest BCUT2D eigenvalue weighted by Gasteiger charge is 2.38. The van der Waals surface area contributed by atoms with E-state index in [9.17, 15) is 18.0 Å². The van der Waals surface area contributed by atoms with Crippen molar-refractivity contribution in [1.29, 1.82) is 0 Å². The highest BCUT2D eigenvalue weighted by molar-refractivity contribution is 6.31. The summed E-state index contributed by atoms with van der Waals surface area (Å²) in [5.74, 6) is -0.291. The first-order valence-corrected chi connectivity index (χ1v) is 8.55. The maximum absolute atomic E-state index is 12.8. The molecule has 0 saturated heterocycles. The zero-order valence-electron chi connectivity index (χ0n) is 15.0. The van der Waals surface area contributed by atoms with E-state index in [2.05, 4.69) is 15.5 Å². The van der Waals surface area contributed by atoms with Crippen LogP contribution >= 0.6 is 11.6 Å². The number of aromatic nitrogens is 4. The van der Waals surface area contributed by atoms with Crippen LogP contribution in [0.3, 0.4) is 0 Å². The first-order valence-electron chi connectivity index (χ1n) is 8.18. The van der Waals surface area contributed by atoms with E-state index < -0.39 is 16.9 Å². The van der Waals surface area contributed by atoms with Crippen LogP contribution in [0.25, 0.3) is 0 Å². The van der Waals surface area contributed by atoms with Crippen LogP contribution in [-0.2, 0) is 24.1 Å². The quantitative estimate of drug-likeness (QED) is 0.817. The Morgan fingerprint density at radius 1 is 1.35 bits per heavy atom. The van der Waals surface area contributed by atoms with Crippen molar-refractivity contribution in [3.8, 4) is 0 Å². The average Bonchev–Trinajstić information content (AvgIpc) is 3.06. The fourth-order valence-electron chi connectivity index (χ4n) is 2.64. The molecule has 0 spiro atoms. The molecule has 0 saturated carbocycles. The topological polar surface area (TPSA) is 64.7 Å². The minimum atomic E-state index is -4.62. The number of hydrogen-bond acceptors (Lipinski definition) is 3. The molecule has 0 aliphatic heterocycles. The van der Waals surface area contributed by atoms with Gasteiger partial charge in [-0.25, -0.2) is 0 Å². The van der Waals surface area contributed by atoms with Gasteiger partial charge in [0.15, 0.2) is 5.69 Å². The predicted octanol–water partition coefficient (Wildman–Crippen LogP) is 3.66. The van der Waals surface area contributed by atoms with E-state index in [1.165, 1.54) is 6.92 Å². The smallest absolute Gasteiger partial charge is 0.349 e. The lowest BCUT2D eigenvalue weighted by atomic mass is 10.1. The first kappa shape index (κ1) is 20.3. The molecule has 26 heavy (non-hydrogen) atoms. The standard InChI is InChI=1S/C16H21ClF3N5O/c1-5-24-8-12(10(3)22-24)9(2)21-13(26)6-7-25-11(4)14(17)15(23-25)16(18,19)20/h8-9H,5-7H2,1-4H3,(H,21,26). The molecule has 0 aliphatic carbocycles. The number of halogens is 4. The van der Waals surface area contributed by atoms with Crippen molar-refractivity contribution in [3.63, 3.8) is 0 Å². The van der Waals surface area contributed by atoms with E-state index in [0.29, 0.717) is 0 Å². The van der Waals surface area contributed by atoms with Crippen LogP contribution in [0.2, 0.25) is 5.02 Å². The van der Waals surface area contributed by atoms with Gasteiger partial charge in [-0.05, 0) is 27.7 Å². The van der Waals surface area contributed by atoms with Crippen molar-refractivity contribution in [1.82, 2.24) is 24.9 Å². The van der Waals surface area contributed by atoms with Gasteiger partial charge in [-0.3, -0.25) is 14.2 Å². The summed E-state index contributed by atoms with van der Waals surface area (Å²) in [5, 5.41) is 10.2. The van der Waals surface area contributed by atoms with E-state index in [0.717, 1.165) is 22.5 Å². The van der Waals surface area contributed by atoms with Crippen molar-refractivity contribution in [2.45, 2.75) is 59.4 Å². The Labute approximate surface area is 154 Å². The Bertz CT molecular complexity index is 797. The summed E-state index contributed by atoms with van der Waals surface area (Å²) in [4.78, 5) is 12.2. The zero-order chi connectivity index (χ0) is 19.6. The van der Waals surface area contributed by atoms with Gasteiger partial charge in [0, 0.05) is 24.7 Å². The fraction of sp³-hybridized carbons (Fsp3) is 0.562. The minimum absolute atomic E-state index is 0.00733. The summed E-state index contributed by atoms with van der Waals surface area (Å²) in [6, 6.07) is -0.254. The Hall–Kier alpha value is -2.03. The lowest BCUT2D eigenvalue weighted by Crippen LogP contribution is -2.28. The van der Waals surface area contributed by atoms with Gasteiger partial charge in [0.05, 0.1) is 29.0 Å². The molecule has 1 unspecified atom stereocenters. The second kappa shape index (κ2) is 7.69. The lowest BCUT2D eigenvalue weighted by molar-refractivity contribution is -0.141. The number of carbonyl (C=O) groups excluding carboxylic acids is 1. The van der Waals surface area contributed by atoms with Crippen LogP contribution in [-0.4, -0.2) is 25.5 Å². The molecule has 1 atom stereocenters. The lowest BCUT2D eigenvalue weighted by Gasteiger charge is -2.13. The highest BCUT2D eigenvalue weighted by Crippen LogP contribution is 2.35. The summed E-state index contributed by atoms with van der Waals surface area (Å²) < 4.78 is 41.4. The van der Waals surface area contributed by atoms with Gasteiger partial charge in [-0.15, -0.1) is 0 Å². The van der Waals surface area contributed by atoms with E-state index in [4.69, 9.17) is 11.6 Å². The highest BCUT2D eigenvalue weighted by atomic mass is 35.5. The van der Waals surface area contributed by atoms with Gasteiger partial charge < -0.3 is 5.32 Å². The van der Waals surface area contributed by atoms with Gasteiger partial charge in [0.25, 0.3) is 0 Å². The van der Waals surface area contributed by atoms with Crippen molar-refractivity contribution < 1.29 is 18.0 Å². The van der Waals surface area contributed by atoms with Crippen molar-refractivity contribution in [3.05, 3.63) is 33.9 Å². The monoisotopic (exact) mass is 391 g/mol. The molecule has 0 aliphatic rings. The summed E-state index contributed by atoms with van der Waals surface area (Å²) in [6.45, 7) is 7.83. The zero-order valence-corrected chi connectivity index (χ0v) is 15.7. The Balaban J connectivity index is 2.00. The average molecular weight is 392 g/mol. The first-order chi connectivity index (χ1) is 12.0. The van der Waals surface area contributed by atoms with E-state index in [-0.39, 0.29) is 30.6 Å². The van der Waals surface area contributed by atoms with E-state index in [1.54, 1.807) is 4.68 Å². The van der Waals surface area contributed by atoms with E-state index in [1.807, 2.05) is 27.0 Å². The maximum atomic E-state index is 12.8. The molecule has 10 heteroatoms. The van der Waals surface area contributed by atoms with Crippen LogP contribution in [0.5, 0.6) is 0 Å². The van der Waals surface area contributed by atoms with Crippen molar-refractivity contribution >= 4 is 17.5 Å². The van der Waals surface area contributed by atoms with Crippen LogP contribution in [0.15, 0.2) is 6.20 Å². The number of aryl methyl sites for hydroxylation is 3. The molecule has 2 aromatic heterocycles. The third kappa shape index (κ3) is 4.38. The molecule has 0 radical (unpaired) electrons. The van der Waals surface area contributed by atoms with Crippen molar-refractivity contribution in [2.75, 3.05) is 0 Å². The number of nitrogens with zero attached hydrogens (tertiary/aromatic N) is 4. The van der Waals surface area contributed by atoms with Crippen LogP contribution in [0.1, 0.15) is 49.0 Å². The third-order valence-corrected chi connectivity index (χ3v) is 4.56. The molecule has 144 valence electrons. The number of amides is 1. The summed E-state index contributed by atoms with van der Waals surface area (Å²) in [5.41, 5.74) is 0.773. The molecule has 6 nitrogen and oxygen atoms in total. The Morgan fingerprint density at radius 3 is 2.50 bits per heavy atom. The minimum Gasteiger partial charge on any atom is -0.349 e. The number of nitrogens with one attached hydrogen (secondary N) is 1. The molecule has 2 rings (SSSR count). The number of hydrogen-bond donors (Lipinski definition) is 1. The summed E-state index contributed by atoms with van der Waals surface area (Å²) in [7, 11) is 0. The molecule has 0 bridgehead atoms. The molecule has 2 heterocycles. The number of alkyl halides is 3. The third-order valence-electron chi connectivity index (χ3n) is 4.10. The SMILES string of the molecule is CCn1cc(C(C)NC(=O)CCn2nc(C(F)(F)F)c(Cl)c2C)c(C)n1. The molecule has 1 N–H and O–H groups in total. The normalized spacial score (nSPS) is 13.1. The number of rotatable bonds is 6. The van der Waals surface area contributed by atoms with Gasteiger partial charge in [0.1, 0.15) is 0 Å². The van der Waals surface area contributed by atoms with Gasteiger partial charge in [-0.2, -0.15) is 23.4 Å². The molecular formula is C16H21ClF3N5O. The second-order valence-electron chi connectivity index (χ2n) is 6.03. The van der Waals surface area contributed by atoms with Crippen LogP contribution < -0.4 is 5.32 Å². The van der Waals surface area contributed by atoms with Gasteiger partial charge in [-0.1, -0.05) is 11.6 Å². The summed E-state index contributed by atoms with van der Waals surface area (Å²) >= 11 is 5.70. The number of carbonyl (C=O) groups is 1. The molecule has 2 aromatic rings. The predicted molar refractivity (Wildman–Crippen MR) is 90.8 cm³/mol. The van der Waals surface area contributed by atoms with Crippen molar-refractivity contribution in [2.24, 2.45) is 0 Å². The fourth-order valence-corrected chi connectivity index (χ4v) is 2.88. The van der Waals surface area contributed by atoms with Gasteiger partial charge in [0.2, 0.25) is 5.91 Å². The van der Waals surface area contributed by atoms with Crippen LogP contribution in [0.4, 0.5) is 13.2 Å². The maximum Gasteiger partial charge on any atom is 0.436 e. The largest absolute Gasteiger partial charge is 0.436 e. The Morgan fingerprint density at radius 2 is 2.00 bits per heavy atom. The molecule has 1 amide bonds. The molecule has 0 fully saturated rings. The summed E-state index contributed by atoms with van der Waals surface area (Å²) in [6.07, 6.45) is -2.77. The second-order valence-corrected chi connectivity index (χ2v) is 6.41. The van der Waals surface area contributed by atoms with E-state index >= 15 is 0 Å².